The fraction of sp³-hybridized carbons (Fsp3) is 0.444. The summed E-state index contributed by atoms with van der Waals surface area (Å²) < 4.78 is 1.63. The molecule has 0 aliphatic carbocycles. The molecule has 1 amide bonds. The smallest absolute Gasteiger partial charge is 0.272 e. The minimum atomic E-state index is 0.0117. The first kappa shape index (κ1) is 16.3. The molecule has 0 saturated heterocycles. The zero-order valence-electron chi connectivity index (χ0n) is 13.9. The van der Waals surface area contributed by atoms with Crippen LogP contribution in [0.2, 0.25) is 0 Å². The lowest BCUT2D eigenvalue weighted by molar-refractivity contribution is 0.0706. The van der Waals surface area contributed by atoms with Gasteiger partial charge < -0.3 is 4.90 Å². The molecule has 0 aliphatic rings. The van der Waals surface area contributed by atoms with Crippen LogP contribution in [-0.4, -0.2) is 27.6 Å². The van der Waals surface area contributed by atoms with E-state index in [1.165, 1.54) is 5.56 Å². The fourth-order valence-corrected chi connectivity index (χ4v) is 2.66. The summed E-state index contributed by atoms with van der Waals surface area (Å²) >= 11 is 0. The normalized spacial score (nSPS) is 12.4. The second-order valence-electron chi connectivity index (χ2n) is 6.15. The minimum absolute atomic E-state index is 0.0117. The molecule has 0 bridgehead atoms. The van der Waals surface area contributed by atoms with Crippen molar-refractivity contribution in [1.82, 2.24) is 14.7 Å². The summed E-state index contributed by atoms with van der Waals surface area (Å²) in [5.74, 6) is 0.629. The van der Waals surface area contributed by atoms with Gasteiger partial charge in [-0.1, -0.05) is 44.2 Å². The van der Waals surface area contributed by atoms with E-state index in [0.29, 0.717) is 11.6 Å². The predicted molar refractivity (Wildman–Crippen MR) is 88.6 cm³/mol. The van der Waals surface area contributed by atoms with Gasteiger partial charge in [-0.3, -0.25) is 9.48 Å². The average Bonchev–Trinajstić information content (AvgIpc) is 2.93. The number of aromatic nitrogens is 2. The fourth-order valence-electron chi connectivity index (χ4n) is 2.66. The maximum absolute atomic E-state index is 12.8. The molecule has 2 rings (SSSR count). The monoisotopic (exact) mass is 299 g/mol. The standard InChI is InChI=1S/C18H25N3O/c1-14(2)10-11-16(15-8-6-5-7-9-15)20(3)18(22)17-12-13-19-21(17)4/h5-9,12-14,16H,10-11H2,1-4H3. The van der Waals surface area contributed by atoms with Crippen LogP contribution in [0, 0.1) is 5.92 Å². The Kier molecular flexibility index (Phi) is 5.36. The lowest BCUT2D eigenvalue weighted by Crippen LogP contribution is -2.32. The maximum atomic E-state index is 12.8. The Bertz CT molecular complexity index is 604. The van der Waals surface area contributed by atoms with Gasteiger partial charge in [0.15, 0.2) is 0 Å². The molecule has 0 aliphatic heterocycles. The van der Waals surface area contributed by atoms with Crippen molar-refractivity contribution in [2.45, 2.75) is 32.7 Å². The summed E-state index contributed by atoms with van der Waals surface area (Å²) in [6.45, 7) is 4.43. The average molecular weight is 299 g/mol. The lowest BCUT2D eigenvalue weighted by Gasteiger charge is -2.29. The van der Waals surface area contributed by atoms with Gasteiger partial charge in [-0.05, 0) is 30.4 Å². The summed E-state index contributed by atoms with van der Waals surface area (Å²) in [6.07, 6.45) is 3.71. The Hall–Kier alpha value is -2.10. The number of rotatable bonds is 6. The number of amides is 1. The Morgan fingerprint density at radius 2 is 1.86 bits per heavy atom. The number of aryl methyl sites for hydroxylation is 1. The molecular formula is C18H25N3O. The highest BCUT2D eigenvalue weighted by molar-refractivity contribution is 5.92. The van der Waals surface area contributed by atoms with Crippen molar-refractivity contribution in [3.05, 3.63) is 53.9 Å². The maximum Gasteiger partial charge on any atom is 0.272 e. The van der Waals surface area contributed by atoms with E-state index >= 15 is 0 Å². The largest absolute Gasteiger partial charge is 0.333 e. The SMILES string of the molecule is CC(C)CCC(c1ccccc1)N(C)C(=O)c1ccnn1C. The van der Waals surface area contributed by atoms with Gasteiger partial charge in [0.05, 0.1) is 6.04 Å². The second kappa shape index (κ2) is 7.25. The van der Waals surface area contributed by atoms with Crippen molar-refractivity contribution in [3.63, 3.8) is 0 Å². The number of hydrogen-bond donors (Lipinski definition) is 0. The highest BCUT2D eigenvalue weighted by Crippen LogP contribution is 2.27. The Morgan fingerprint density at radius 3 is 2.41 bits per heavy atom. The van der Waals surface area contributed by atoms with Gasteiger partial charge >= 0.3 is 0 Å². The van der Waals surface area contributed by atoms with Gasteiger partial charge in [-0.2, -0.15) is 5.10 Å². The van der Waals surface area contributed by atoms with Crippen LogP contribution in [0.5, 0.6) is 0 Å². The summed E-state index contributed by atoms with van der Waals surface area (Å²) in [6, 6.07) is 12.1. The number of hydrogen-bond acceptors (Lipinski definition) is 2. The number of nitrogens with zero attached hydrogens (tertiary/aromatic N) is 3. The van der Waals surface area contributed by atoms with E-state index in [1.807, 2.05) is 30.1 Å². The van der Waals surface area contributed by atoms with Crippen molar-refractivity contribution < 1.29 is 4.79 Å². The molecule has 0 saturated carbocycles. The summed E-state index contributed by atoms with van der Waals surface area (Å²) in [5, 5.41) is 4.10. The molecule has 1 aromatic heterocycles. The Labute approximate surface area is 132 Å². The molecule has 0 radical (unpaired) electrons. The highest BCUT2D eigenvalue weighted by Gasteiger charge is 2.24. The molecule has 4 nitrogen and oxygen atoms in total. The van der Waals surface area contributed by atoms with Crippen molar-refractivity contribution in [2.75, 3.05) is 7.05 Å². The van der Waals surface area contributed by atoms with E-state index in [0.717, 1.165) is 12.8 Å². The molecular weight excluding hydrogens is 274 g/mol. The van der Waals surface area contributed by atoms with Gasteiger partial charge in [-0.15, -0.1) is 0 Å². The van der Waals surface area contributed by atoms with Crippen LogP contribution >= 0.6 is 0 Å². The van der Waals surface area contributed by atoms with Crippen molar-refractivity contribution in [1.29, 1.82) is 0 Å². The molecule has 1 aromatic carbocycles. The van der Waals surface area contributed by atoms with Gasteiger partial charge in [-0.25, -0.2) is 0 Å². The summed E-state index contributed by atoms with van der Waals surface area (Å²) in [7, 11) is 3.68. The van der Waals surface area contributed by atoms with Crippen molar-refractivity contribution in [3.8, 4) is 0 Å². The van der Waals surface area contributed by atoms with E-state index < -0.39 is 0 Å². The van der Waals surface area contributed by atoms with E-state index in [-0.39, 0.29) is 11.9 Å². The molecule has 118 valence electrons. The van der Waals surface area contributed by atoms with Crippen LogP contribution in [0.25, 0.3) is 0 Å². The molecule has 22 heavy (non-hydrogen) atoms. The lowest BCUT2D eigenvalue weighted by atomic mass is 9.96. The third-order valence-corrected chi connectivity index (χ3v) is 4.03. The zero-order valence-corrected chi connectivity index (χ0v) is 13.9. The third-order valence-electron chi connectivity index (χ3n) is 4.03. The molecule has 1 unspecified atom stereocenters. The quantitative estimate of drug-likeness (QED) is 0.816. The van der Waals surface area contributed by atoms with Crippen LogP contribution in [0.3, 0.4) is 0 Å². The predicted octanol–water partition coefficient (Wildman–Crippen LogP) is 3.67. The van der Waals surface area contributed by atoms with Crippen LogP contribution in [0.1, 0.15) is 48.8 Å². The molecule has 0 fully saturated rings. The number of carbonyl (C=O) groups excluding carboxylic acids is 1. The van der Waals surface area contributed by atoms with Gasteiger partial charge in [0.1, 0.15) is 5.69 Å². The zero-order chi connectivity index (χ0) is 16.1. The van der Waals surface area contributed by atoms with Crippen LogP contribution < -0.4 is 0 Å². The van der Waals surface area contributed by atoms with Crippen molar-refractivity contribution in [2.24, 2.45) is 13.0 Å². The highest BCUT2D eigenvalue weighted by atomic mass is 16.2. The van der Waals surface area contributed by atoms with Gasteiger partial charge in [0, 0.05) is 20.3 Å². The first-order valence-corrected chi connectivity index (χ1v) is 7.80. The van der Waals surface area contributed by atoms with Crippen molar-refractivity contribution >= 4 is 5.91 Å². The van der Waals surface area contributed by atoms with Gasteiger partial charge in [0.2, 0.25) is 0 Å². The molecule has 1 atom stereocenters. The van der Waals surface area contributed by atoms with Crippen LogP contribution in [0.15, 0.2) is 42.6 Å². The Balaban J connectivity index is 2.24. The molecule has 2 aromatic rings. The molecule has 4 heteroatoms. The molecule has 0 spiro atoms. The van der Waals surface area contributed by atoms with E-state index in [4.69, 9.17) is 0 Å². The Morgan fingerprint density at radius 1 is 1.18 bits per heavy atom. The first-order chi connectivity index (χ1) is 10.5. The minimum Gasteiger partial charge on any atom is -0.333 e. The second-order valence-corrected chi connectivity index (χ2v) is 6.15. The van der Waals surface area contributed by atoms with E-state index in [2.05, 4.69) is 31.1 Å². The van der Waals surface area contributed by atoms with Gasteiger partial charge in [0.25, 0.3) is 5.91 Å². The van der Waals surface area contributed by atoms with E-state index in [9.17, 15) is 4.79 Å². The van der Waals surface area contributed by atoms with Crippen LogP contribution in [-0.2, 0) is 7.05 Å². The molecule has 1 heterocycles. The summed E-state index contributed by atoms with van der Waals surface area (Å²) in [5.41, 5.74) is 1.80. The number of benzene rings is 1. The molecule has 0 N–H and O–H groups in total. The first-order valence-electron chi connectivity index (χ1n) is 7.80. The van der Waals surface area contributed by atoms with Crippen LogP contribution in [0.4, 0.5) is 0 Å². The number of carbonyl (C=O) groups is 1. The van der Waals surface area contributed by atoms with E-state index in [1.54, 1.807) is 24.0 Å². The summed E-state index contributed by atoms with van der Waals surface area (Å²) in [4.78, 5) is 14.6. The third kappa shape index (κ3) is 3.75. The topological polar surface area (TPSA) is 38.1 Å².